The molecule has 0 fully saturated rings. The van der Waals surface area contributed by atoms with E-state index in [0.29, 0.717) is 12.1 Å². The van der Waals surface area contributed by atoms with Gasteiger partial charge in [-0.3, -0.25) is 4.79 Å². The Hall–Kier alpha value is -0.860. The molecule has 1 aromatic rings. The van der Waals surface area contributed by atoms with Crippen LogP contribution in [0.25, 0.3) is 0 Å². The highest BCUT2D eigenvalue weighted by atomic mass is 35.5. The van der Waals surface area contributed by atoms with E-state index < -0.39 is 5.38 Å². The van der Waals surface area contributed by atoms with Gasteiger partial charge in [-0.15, -0.1) is 11.6 Å². The number of hydrogen-bond acceptors (Lipinski definition) is 2. The molecule has 0 aromatic heterocycles. The fraction of sp³-hybridized carbons (Fsp3) is 0.364. The highest BCUT2D eigenvalue weighted by molar-refractivity contribution is 6.33. The predicted octanol–water partition coefficient (Wildman–Crippen LogP) is 2.26. The Labute approximate surface area is 89.1 Å². The van der Waals surface area contributed by atoms with Crippen molar-refractivity contribution in [1.82, 2.24) is 0 Å². The number of benzene rings is 1. The maximum Gasteiger partial charge on any atom is 0.180 e. The molecule has 76 valence electrons. The molecule has 0 heterocycles. The first-order valence-electron chi connectivity index (χ1n) is 4.54. The van der Waals surface area contributed by atoms with Gasteiger partial charge in [0.25, 0.3) is 0 Å². The van der Waals surface area contributed by atoms with Gasteiger partial charge in [-0.25, -0.2) is 0 Å². The van der Waals surface area contributed by atoms with Gasteiger partial charge in [-0.1, -0.05) is 12.1 Å². The standard InChI is InChI=1S/C11H14ClNO/c1-7-3-4-9(6-13)5-10(7)11(14)8(2)12/h3-5,8H,6,13H2,1-2H3. The number of carbonyl (C=O) groups is 1. The number of ketones is 1. The molecule has 2 N–H and O–H groups in total. The van der Waals surface area contributed by atoms with E-state index in [-0.39, 0.29) is 5.78 Å². The van der Waals surface area contributed by atoms with Crippen molar-refractivity contribution in [3.8, 4) is 0 Å². The zero-order valence-electron chi connectivity index (χ0n) is 8.38. The summed E-state index contributed by atoms with van der Waals surface area (Å²) in [6.45, 7) is 4.02. The van der Waals surface area contributed by atoms with Crippen LogP contribution in [0.1, 0.15) is 28.4 Å². The van der Waals surface area contributed by atoms with Gasteiger partial charge in [0.05, 0.1) is 5.38 Å². The predicted molar refractivity (Wildman–Crippen MR) is 58.7 cm³/mol. The highest BCUT2D eigenvalue weighted by Gasteiger charge is 2.14. The Kier molecular flexibility index (Phi) is 3.67. The second kappa shape index (κ2) is 4.58. The summed E-state index contributed by atoms with van der Waals surface area (Å²) in [6.07, 6.45) is 0. The molecule has 0 saturated carbocycles. The van der Waals surface area contributed by atoms with E-state index in [2.05, 4.69) is 0 Å². The Morgan fingerprint density at radius 1 is 1.57 bits per heavy atom. The molecule has 0 aliphatic heterocycles. The minimum absolute atomic E-state index is 0.0422. The summed E-state index contributed by atoms with van der Waals surface area (Å²) in [4.78, 5) is 11.7. The monoisotopic (exact) mass is 211 g/mol. The van der Waals surface area contributed by atoms with Crippen molar-refractivity contribution in [2.24, 2.45) is 5.73 Å². The molecule has 1 rings (SSSR count). The summed E-state index contributed by atoms with van der Waals surface area (Å²) >= 11 is 5.75. The molecule has 0 saturated heterocycles. The average molecular weight is 212 g/mol. The molecule has 1 atom stereocenters. The van der Waals surface area contributed by atoms with Gasteiger partial charge >= 0.3 is 0 Å². The van der Waals surface area contributed by atoms with E-state index in [9.17, 15) is 4.79 Å². The number of alkyl halides is 1. The lowest BCUT2D eigenvalue weighted by Gasteiger charge is -2.08. The van der Waals surface area contributed by atoms with Gasteiger partial charge in [0.2, 0.25) is 0 Å². The van der Waals surface area contributed by atoms with E-state index in [1.807, 2.05) is 25.1 Å². The summed E-state index contributed by atoms with van der Waals surface area (Å²) in [5.74, 6) is -0.0422. The van der Waals surface area contributed by atoms with Crippen LogP contribution in [0.4, 0.5) is 0 Å². The van der Waals surface area contributed by atoms with Crippen LogP contribution in [0.3, 0.4) is 0 Å². The smallest absolute Gasteiger partial charge is 0.180 e. The molecule has 0 amide bonds. The van der Waals surface area contributed by atoms with Crippen LogP contribution >= 0.6 is 11.6 Å². The van der Waals surface area contributed by atoms with Crippen molar-refractivity contribution < 1.29 is 4.79 Å². The lowest BCUT2D eigenvalue weighted by molar-refractivity contribution is 0.0991. The quantitative estimate of drug-likeness (QED) is 0.616. The molecule has 0 radical (unpaired) electrons. The van der Waals surface area contributed by atoms with Crippen LogP contribution < -0.4 is 5.73 Å². The van der Waals surface area contributed by atoms with Crippen molar-refractivity contribution in [1.29, 1.82) is 0 Å². The van der Waals surface area contributed by atoms with E-state index in [0.717, 1.165) is 11.1 Å². The average Bonchev–Trinajstić information content (AvgIpc) is 2.17. The highest BCUT2D eigenvalue weighted by Crippen LogP contribution is 2.15. The lowest BCUT2D eigenvalue weighted by atomic mass is 10.00. The molecular formula is C11H14ClNO. The third-order valence-corrected chi connectivity index (χ3v) is 2.36. The van der Waals surface area contributed by atoms with Crippen LogP contribution in [0, 0.1) is 6.92 Å². The van der Waals surface area contributed by atoms with Crippen LogP contribution in [0.5, 0.6) is 0 Å². The molecule has 0 spiro atoms. The van der Waals surface area contributed by atoms with Crippen molar-refractivity contribution in [2.45, 2.75) is 25.8 Å². The fourth-order valence-corrected chi connectivity index (χ4v) is 1.39. The first-order chi connectivity index (χ1) is 6.56. The second-order valence-corrected chi connectivity index (χ2v) is 3.99. The number of nitrogens with two attached hydrogens (primary N) is 1. The number of carbonyl (C=O) groups excluding carboxylic acids is 1. The minimum atomic E-state index is -0.485. The number of rotatable bonds is 3. The molecule has 2 nitrogen and oxygen atoms in total. The van der Waals surface area contributed by atoms with Crippen molar-refractivity contribution in [2.75, 3.05) is 0 Å². The summed E-state index contributed by atoms with van der Waals surface area (Å²) in [5.41, 5.74) is 8.08. The summed E-state index contributed by atoms with van der Waals surface area (Å²) in [6, 6.07) is 5.64. The summed E-state index contributed by atoms with van der Waals surface area (Å²) < 4.78 is 0. The molecule has 0 bridgehead atoms. The first kappa shape index (κ1) is 11.2. The molecule has 1 unspecified atom stereocenters. The van der Waals surface area contributed by atoms with Crippen LogP contribution in [-0.2, 0) is 6.54 Å². The SMILES string of the molecule is Cc1ccc(CN)cc1C(=O)C(C)Cl. The Bertz CT molecular complexity index is 347. The van der Waals surface area contributed by atoms with E-state index in [1.165, 1.54) is 0 Å². The van der Waals surface area contributed by atoms with Crippen LogP contribution in [-0.4, -0.2) is 11.2 Å². The number of hydrogen-bond donors (Lipinski definition) is 1. The topological polar surface area (TPSA) is 43.1 Å². The molecule has 3 heteroatoms. The Balaban J connectivity index is 3.12. The first-order valence-corrected chi connectivity index (χ1v) is 4.97. The van der Waals surface area contributed by atoms with Crippen molar-refractivity contribution in [3.05, 3.63) is 34.9 Å². The van der Waals surface area contributed by atoms with Gasteiger partial charge in [0.15, 0.2) is 5.78 Å². The van der Waals surface area contributed by atoms with Crippen LogP contribution in [0.15, 0.2) is 18.2 Å². The summed E-state index contributed by atoms with van der Waals surface area (Å²) in [7, 11) is 0. The molecule has 1 aromatic carbocycles. The zero-order chi connectivity index (χ0) is 10.7. The van der Waals surface area contributed by atoms with Gasteiger partial charge in [-0.05, 0) is 31.0 Å². The number of aryl methyl sites for hydroxylation is 1. The maximum absolute atomic E-state index is 11.7. The second-order valence-electron chi connectivity index (χ2n) is 3.33. The fourth-order valence-electron chi connectivity index (χ4n) is 1.28. The van der Waals surface area contributed by atoms with Gasteiger partial charge < -0.3 is 5.73 Å². The third-order valence-electron chi connectivity index (χ3n) is 2.16. The third kappa shape index (κ3) is 2.34. The van der Waals surface area contributed by atoms with Gasteiger partial charge in [0.1, 0.15) is 0 Å². The molecule has 0 aliphatic rings. The van der Waals surface area contributed by atoms with Crippen molar-refractivity contribution in [3.63, 3.8) is 0 Å². The molecular weight excluding hydrogens is 198 g/mol. The van der Waals surface area contributed by atoms with Crippen LogP contribution in [0.2, 0.25) is 0 Å². The van der Waals surface area contributed by atoms with Gasteiger partial charge in [0, 0.05) is 12.1 Å². The van der Waals surface area contributed by atoms with Gasteiger partial charge in [-0.2, -0.15) is 0 Å². The largest absolute Gasteiger partial charge is 0.326 e. The Morgan fingerprint density at radius 3 is 2.71 bits per heavy atom. The van der Waals surface area contributed by atoms with E-state index in [1.54, 1.807) is 6.92 Å². The minimum Gasteiger partial charge on any atom is -0.326 e. The van der Waals surface area contributed by atoms with Crippen molar-refractivity contribution >= 4 is 17.4 Å². The van der Waals surface area contributed by atoms with E-state index >= 15 is 0 Å². The Morgan fingerprint density at radius 2 is 2.21 bits per heavy atom. The maximum atomic E-state index is 11.7. The van der Waals surface area contributed by atoms with E-state index in [4.69, 9.17) is 17.3 Å². The summed E-state index contributed by atoms with van der Waals surface area (Å²) in [5, 5.41) is -0.485. The molecule has 0 aliphatic carbocycles. The number of halogens is 1. The lowest BCUT2D eigenvalue weighted by Crippen LogP contribution is -2.13. The number of Topliss-reactive ketones (excluding diaryl/α,β-unsaturated/α-hetero) is 1. The normalized spacial score (nSPS) is 12.6. The molecule has 14 heavy (non-hydrogen) atoms. The zero-order valence-corrected chi connectivity index (χ0v) is 9.14.